The van der Waals surface area contributed by atoms with Gasteiger partial charge in [0.1, 0.15) is 17.9 Å². The lowest BCUT2D eigenvalue weighted by molar-refractivity contribution is -0.0269. The fourth-order valence-electron chi connectivity index (χ4n) is 2.94. The molecule has 1 heterocycles. The van der Waals surface area contributed by atoms with Crippen LogP contribution < -0.4 is 9.64 Å². The molecule has 1 unspecified atom stereocenters. The van der Waals surface area contributed by atoms with Crippen molar-refractivity contribution >= 4 is 17.1 Å². The van der Waals surface area contributed by atoms with Crippen LogP contribution >= 0.6 is 0 Å². The third-order valence-corrected chi connectivity index (χ3v) is 4.69. The zero-order valence-corrected chi connectivity index (χ0v) is 16.6. The third kappa shape index (κ3) is 5.23. The largest absolute Gasteiger partial charge is 0.492 e. The van der Waals surface area contributed by atoms with Gasteiger partial charge in [-0.3, -0.25) is 0 Å². The Hall–Kier alpha value is -2.60. The summed E-state index contributed by atoms with van der Waals surface area (Å²) in [5.74, 6) is 1.05. The number of rotatable bonds is 10. The highest BCUT2D eigenvalue weighted by atomic mass is 19.1. The first-order valence-electron chi connectivity index (χ1n) is 9.53. The van der Waals surface area contributed by atoms with Crippen LogP contribution in [0, 0.1) is 5.92 Å². The number of anilines is 1. The van der Waals surface area contributed by atoms with Crippen molar-refractivity contribution < 1.29 is 18.3 Å². The molecule has 0 saturated heterocycles. The Balaban J connectivity index is 1.49. The minimum atomic E-state index is -0.752. The van der Waals surface area contributed by atoms with E-state index in [1.165, 1.54) is 0 Å². The van der Waals surface area contributed by atoms with Gasteiger partial charge in [-0.25, -0.2) is 4.39 Å². The maximum Gasteiger partial charge on any atom is 0.298 e. The van der Waals surface area contributed by atoms with Crippen molar-refractivity contribution in [3.63, 3.8) is 0 Å². The Bertz CT molecular complexity index is 831. The summed E-state index contributed by atoms with van der Waals surface area (Å²) < 4.78 is 29.2. The van der Waals surface area contributed by atoms with Crippen molar-refractivity contribution in [2.75, 3.05) is 32.0 Å². The first kappa shape index (κ1) is 20.1. The Kier molecular flexibility index (Phi) is 6.87. The number of likely N-dealkylation sites (N-methyl/N-ethyl adjacent to an activating group) is 1. The van der Waals surface area contributed by atoms with Crippen molar-refractivity contribution in [2.45, 2.75) is 26.4 Å². The predicted octanol–water partition coefficient (Wildman–Crippen LogP) is 4.85. The van der Waals surface area contributed by atoms with Gasteiger partial charge in [-0.15, -0.1) is 0 Å². The average molecular weight is 386 g/mol. The van der Waals surface area contributed by atoms with Gasteiger partial charge >= 0.3 is 0 Å². The maximum absolute atomic E-state index is 12.5. The summed E-state index contributed by atoms with van der Waals surface area (Å²) in [5.41, 5.74) is 2.72. The molecule has 0 amide bonds. The zero-order valence-electron chi connectivity index (χ0n) is 16.6. The number of nitrogens with zero attached hydrogens (tertiary/aromatic N) is 2. The lowest BCUT2D eigenvalue weighted by Gasteiger charge is -2.20. The van der Waals surface area contributed by atoms with Crippen molar-refractivity contribution in [3.8, 4) is 5.75 Å². The summed E-state index contributed by atoms with van der Waals surface area (Å²) in [7, 11) is 1.92. The number of halogens is 1. The predicted molar refractivity (Wildman–Crippen MR) is 109 cm³/mol. The molecule has 0 aliphatic carbocycles. The number of benzene rings is 2. The zero-order chi connectivity index (χ0) is 19.9. The molecule has 0 saturated carbocycles. The van der Waals surface area contributed by atoms with Crippen molar-refractivity contribution in [1.82, 2.24) is 4.98 Å². The lowest BCUT2D eigenvalue weighted by atomic mass is 9.99. The molecule has 0 aliphatic rings. The van der Waals surface area contributed by atoms with Crippen LogP contribution in [0.5, 0.6) is 5.75 Å². The van der Waals surface area contributed by atoms with Crippen LogP contribution in [-0.4, -0.2) is 38.1 Å². The van der Waals surface area contributed by atoms with E-state index in [0.29, 0.717) is 25.6 Å². The van der Waals surface area contributed by atoms with Crippen LogP contribution in [0.3, 0.4) is 0 Å². The number of fused-ring (bicyclic) bond motifs is 1. The Morgan fingerprint density at radius 1 is 1.11 bits per heavy atom. The second-order valence-corrected chi connectivity index (χ2v) is 7.14. The van der Waals surface area contributed by atoms with Crippen molar-refractivity contribution in [3.05, 3.63) is 54.1 Å². The minimum absolute atomic E-state index is 0.123. The summed E-state index contributed by atoms with van der Waals surface area (Å²) in [4.78, 5) is 6.40. The van der Waals surface area contributed by atoms with Crippen LogP contribution in [0.15, 0.2) is 52.9 Å². The molecule has 3 aromatic rings. The highest BCUT2D eigenvalue weighted by Gasteiger charge is 2.15. The maximum atomic E-state index is 12.5. The van der Waals surface area contributed by atoms with Gasteiger partial charge in [-0.2, -0.15) is 4.98 Å². The molecule has 0 fully saturated rings. The minimum Gasteiger partial charge on any atom is -0.492 e. The molecule has 2 aromatic carbocycles. The fourth-order valence-corrected chi connectivity index (χ4v) is 2.94. The second kappa shape index (κ2) is 9.55. The number of hydrogen-bond donors (Lipinski definition) is 0. The first-order chi connectivity index (χ1) is 13.6. The molecule has 3 rings (SSSR count). The number of aromatic nitrogens is 1. The molecule has 5 nitrogen and oxygen atoms in total. The molecule has 0 N–H and O–H groups in total. The lowest BCUT2D eigenvalue weighted by Crippen LogP contribution is -2.24. The number of para-hydroxylation sites is 2. The van der Waals surface area contributed by atoms with Gasteiger partial charge in [0.25, 0.3) is 6.01 Å². The Labute approximate surface area is 165 Å². The Morgan fingerprint density at radius 2 is 1.86 bits per heavy atom. The molecular weight excluding hydrogens is 359 g/mol. The second-order valence-electron chi connectivity index (χ2n) is 7.14. The van der Waals surface area contributed by atoms with E-state index in [4.69, 9.17) is 13.9 Å². The average Bonchev–Trinajstić information content (AvgIpc) is 3.13. The van der Waals surface area contributed by atoms with Gasteiger partial charge in [-0.1, -0.05) is 38.1 Å². The van der Waals surface area contributed by atoms with Gasteiger partial charge < -0.3 is 18.8 Å². The molecule has 1 aromatic heterocycles. The summed E-state index contributed by atoms with van der Waals surface area (Å²) in [6.45, 7) is 4.47. The van der Waals surface area contributed by atoms with Crippen LogP contribution in [0.1, 0.15) is 19.4 Å². The molecule has 0 aliphatic heterocycles. The SMILES string of the molecule is CC(C)C(Cc1ccc(OCCN(C)c2nc3ccccc3o2)cc1)OCF. The fraction of sp³-hybridized carbons (Fsp3) is 0.409. The summed E-state index contributed by atoms with van der Waals surface area (Å²) in [6, 6.07) is 16.1. The van der Waals surface area contributed by atoms with Crippen LogP contribution in [-0.2, 0) is 11.2 Å². The van der Waals surface area contributed by atoms with Gasteiger partial charge in [0.15, 0.2) is 12.4 Å². The van der Waals surface area contributed by atoms with Crippen LogP contribution in [0.25, 0.3) is 11.1 Å². The van der Waals surface area contributed by atoms with Crippen LogP contribution in [0.4, 0.5) is 10.4 Å². The molecular formula is C22H27FN2O3. The number of hydrogen-bond acceptors (Lipinski definition) is 5. The smallest absolute Gasteiger partial charge is 0.298 e. The molecule has 0 spiro atoms. The molecule has 6 heteroatoms. The molecule has 0 radical (unpaired) electrons. The van der Waals surface area contributed by atoms with E-state index in [2.05, 4.69) is 4.98 Å². The van der Waals surface area contributed by atoms with E-state index in [-0.39, 0.29) is 12.0 Å². The normalized spacial score (nSPS) is 12.5. The van der Waals surface area contributed by atoms with E-state index in [0.717, 1.165) is 22.4 Å². The molecule has 150 valence electrons. The number of ether oxygens (including phenoxy) is 2. The van der Waals surface area contributed by atoms with Gasteiger partial charge in [0, 0.05) is 7.05 Å². The van der Waals surface area contributed by atoms with Gasteiger partial charge in [0.2, 0.25) is 0 Å². The summed E-state index contributed by atoms with van der Waals surface area (Å²) in [6.07, 6.45) is 0.559. The first-order valence-corrected chi connectivity index (χ1v) is 9.53. The standard InChI is InChI=1S/C22H27FN2O3/c1-16(2)21(27-15-23)14-17-8-10-18(11-9-17)26-13-12-25(3)22-24-19-6-4-5-7-20(19)28-22/h4-11,16,21H,12-15H2,1-3H3. The number of alkyl halides is 1. The van der Waals surface area contributed by atoms with Gasteiger partial charge in [-0.05, 0) is 42.2 Å². The Morgan fingerprint density at radius 3 is 2.54 bits per heavy atom. The van der Waals surface area contributed by atoms with E-state index in [9.17, 15) is 4.39 Å². The van der Waals surface area contributed by atoms with Crippen molar-refractivity contribution in [1.29, 1.82) is 0 Å². The van der Waals surface area contributed by atoms with E-state index in [1.54, 1.807) is 0 Å². The monoisotopic (exact) mass is 386 g/mol. The van der Waals surface area contributed by atoms with Crippen LogP contribution in [0.2, 0.25) is 0 Å². The summed E-state index contributed by atoms with van der Waals surface area (Å²) in [5, 5.41) is 0. The van der Waals surface area contributed by atoms with Gasteiger partial charge in [0.05, 0.1) is 12.6 Å². The van der Waals surface area contributed by atoms with E-state index < -0.39 is 6.86 Å². The van der Waals surface area contributed by atoms with Crippen molar-refractivity contribution in [2.24, 2.45) is 5.92 Å². The topological polar surface area (TPSA) is 47.7 Å². The molecule has 28 heavy (non-hydrogen) atoms. The number of oxazole rings is 1. The summed E-state index contributed by atoms with van der Waals surface area (Å²) >= 11 is 0. The highest BCUT2D eigenvalue weighted by molar-refractivity contribution is 5.74. The highest BCUT2D eigenvalue weighted by Crippen LogP contribution is 2.21. The molecule has 1 atom stereocenters. The third-order valence-electron chi connectivity index (χ3n) is 4.69. The molecule has 0 bridgehead atoms. The van der Waals surface area contributed by atoms with E-state index in [1.807, 2.05) is 74.3 Å². The van der Waals surface area contributed by atoms with E-state index >= 15 is 0 Å². The quantitative estimate of drug-likeness (QED) is 0.498.